The molecular weight excluding hydrogens is 328 g/mol. The van der Waals surface area contributed by atoms with Gasteiger partial charge in [-0.25, -0.2) is 0 Å². The van der Waals surface area contributed by atoms with E-state index in [1.165, 1.54) is 0 Å². The predicted molar refractivity (Wildman–Crippen MR) is 101 cm³/mol. The van der Waals surface area contributed by atoms with Crippen molar-refractivity contribution in [2.45, 2.75) is 13.0 Å². The Bertz CT molecular complexity index is 947. The second-order valence-electron chi connectivity index (χ2n) is 5.97. The average Bonchev–Trinajstić information content (AvgIpc) is 2.67. The molecule has 0 unspecified atom stereocenters. The van der Waals surface area contributed by atoms with E-state index < -0.39 is 11.5 Å². The highest BCUT2D eigenvalue weighted by atomic mass is 16.5. The molecule has 0 aliphatic rings. The molecule has 1 heterocycles. The second kappa shape index (κ2) is 7.70. The molecule has 0 bridgehead atoms. The average molecular weight is 348 g/mol. The Morgan fingerprint density at radius 2 is 1.62 bits per heavy atom. The summed E-state index contributed by atoms with van der Waals surface area (Å²) >= 11 is 0. The molecule has 1 atom stereocenters. The van der Waals surface area contributed by atoms with Gasteiger partial charge in [-0.2, -0.15) is 0 Å². The molecule has 0 spiro atoms. The summed E-state index contributed by atoms with van der Waals surface area (Å²) < 4.78 is 5.20. The van der Waals surface area contributed by atoms with Crippen molar-refractivity contribution in [3.63, 3.8) is 0 Å². The van der Waals surface area contributed by atoms with Crippen molar-refractivity contribution in [2.24, 2.45) is 0 Å². The van der Waals surface area contributed by atoms with E-state index in [0.29, 0.717) is 5.69 Å². The Hall–Kier alpha value is -3.34. The molecule has 2 aromatic carbocycles. The lowest BCUT2D eigenvalue weighted by atomic mass is 9.98. The molecule has 1 aromatic heterocycles. The van der Waals surface area contributed by atoms with Crippen LogP contribution in [0.2, 0.25) is 0 Å². The summed E-state index contributed by atoms with van der Waals surface area (Å²) in [7, 11) is 1.61. The number of aromatic nitrogens is 1. The van der Waals surface area contributed by atoms with Crippen LogP contribution >= 0.6 is 0 Å². The van der Waals surface area contributed by atoms with Crippen molar-refractivity contribution in [1.29, 1.82) is 0 Å². The Labute approximate surface area is 151 Å². The Morgan fingerprint density at radius 3 is 2.23 bits per heavy atom. The zero-order chi connectivity index (χ0) is 18.5. The number of H-pyrrole nitrogens is 1. The summed E-state index contributed by atoms with van der Waals surface area (Å²) in [5, 5.41) is 2.96. The second-order valence-corrected chi connectivity index (χ2v) is 5.97. The molecule has 3 rings (SSSR count). The number of aryl methyl sites for hydroxylation is 1. The summed E-state index contributed by atoms with van der Waals surface area (Å²) in [5.41, 5.74) is 2.22. The molecule has 26 heavy (non-hydrogen) atoms. The number of carbonyl (C=O) groups is 1. The molecule has 5 nitrogen and oxygen atoms in total. The van der Waals surface area contributed by atoms with Crippen LogP contribution in [-0.2, 0) is 0 Å². The van der Waals surface area contributed by atoms with Crippen LogP contribution in [0.4, 0.5) is 0 Å². The van der Waals surface area contributed by atoms with Crippen LogP contribution in [0.3, 0.4) is 0 Å². The lowest BCUT2D eigenvalue weighted by molar-refractivity contribution is 0.0941. The van der Waals surface area contributed by atoms with Gasteiger partial charge in [0.15, 0.2) is 0 Å². The van der Waals surface area contributed by atoms with Gasteiger partial charge in [0.05, 0.1) is 13.2 Å². The molecule has 0 saturated heterocycles. The van der Waals surface area contributed by atoms with E-state index in [0.717, 1.165) is 16.9 Å². The van der Waals surface area contributed by atoms with Crippen molar-refractivity contribution in [1.82, 2.24) is 10.3 Å². The number of carbonyl (C=O) groups excluding carboxylic acids is 1. The van der Waals surface area contributed by atoms with Gasteiger partial charge in [0.2, 0.25) is 0 Å². The van der Waals surface area contributed by atoms with Crippen molar-refractivity contribution >= 4 is 5.91 Å². The molecule has 0 saturated carbocycles. The molecule has 0 radical (unpaired) electrons. The quantitative estimate of drug-likeness (QED) is 0.744. The van der Waals surface area contributed by atoms with Crippen LogP contribution in [0, 0.1) is 6.92 Å². The van der Waals surface area contributed by atoms with Gasteiger partial charge in [-0.15, -0.1) is 0 Å². The standard InChI is InChI=1S/C21H20N2O3/c1-14-8-13-18(20(24)22-14)21(25)23-19(15-6-4-3-5-7-15)16-9-11-17(26-2)12-10-16/h3-13,19H,1-2H3,(H,22,24)(H,23,25)/t19-/m1/s1. The maximum absolute atomic E-state index is 12.7. The Morgan fingerprint density at radius 1 is 0.962 bits per heavy atom. The summed E-state index contributed by atoms with van der Waals surface area (Å²) in [5.74, 6) is 0.317. The first-order chi connectivity index (χ1) is 12.6. The molecule has 0 fully saturated rings. The minimum Gasteiger partial charge on any atom is -0.497 e. The van der Waals surface area contributed by atoms with Gasteiger partial charge in [0.1, 0.15) is 11.3 Å². The van der Waals surface area contributed by atoms with Crippen molar-refractivity contribution in [3.05, 3.63) is 99.5 Å². The third-order valence-electron chi connectivity index (χ3n) is 4.16. The number of methoxy groups -OCH3 is 1. The smallest absolute Gasteiger partial charge is 0.260 e. The first-order valence-electron chi connectivity index (χ1n) is 8.28. The van der Waals surface area contributed by atoms with Gasteiger partial charge in [0.25, 0.3) is 11.5 Å². The maximum Gasteiger partial charge on any atom is 0.260 e. The number of hydrogen-bond acceptors (Lipinski definition) is 3. The van der Waals surface area contributed by atoms with E-state index in [-0.39, 0.29) is 11.6 Å². The highest BCUT2D eigenvalue weighted by Crippen LogP contribution is 2.24. The minimum absolute atomic E-state index is 0.0880. The highest BCUT2D eigenvalue weighted by molar-refractivity contribution is 5.94. The van der Waals surface area contributed by atoms with E-state index in [1.807, 2.05) is 54.6 Å². The molecule has 2 N–H and O–H groups in total. The summed E-state index contributed by atoms with van der Waals surface area (Å²) in [4.78, 5) is 27.4. The van der Waals surface area contributed by atoms with Gasteiger partial charge in [-0.05, 0) is 42.3 Å². The van der Waals surface area contributed by atoms with Gasteiger partial charge in [0, 0.05) is 5.69 Å². The van der Waals surface area contributed by atoms with E-state index >= 15 is 0 Å². The summed E-state index contributed by atoms with van der Waals surface area (Å²) in [6, 6.07) is 20.0. The SMILES string of the molecule is COc1ccc([C@H](NC(=O)c2ccc(C)[nH]c2=O)c2ccccc2)cc1. The monoisotopic (exact) mass is 348 g/mol. The molecule has 0 aliphatic heterocycles. The van der Waals surface area contributed by atoms with Crippen LogP contribution < -0.4 is 15.6 Å². The van der Waals surface area contributed by atoms with E-state index in [9.17, 15) is 9.59 Å². The predicted octanol–water partition coefficient (Wildman–Crippen LogP) is 3.21. The number of amides is 1. The largest absolute Gasteiger partial charge is 0.497 e. The summed E-state index contributed by atoms with van der Waals surface area (Å²) in [6.45, 7) is 1.77. The zero-order valence-corrected chi connectivity index (χ0v) is 14.7. The number of hydrogen-bond donors (Lipinski definition) is 2. The molecule has 132 valence electrons. The molecule has 1 amide bonds. The third-order valence-corrected chi connectivity index (χ3v) is 4.16. The normalized spacial score (nSPS) is 11.6. The van der Waals surface area contributed by atoms with Gasteiger partial charge < -0.3 is 15.0 Å². The van der Waals surface area contributed by atoms with Crippen LogP contribution in [0.15, 0.2) is 71.5 Å². The number of rotatable bonds is 5. The molecule has 3 aromatic rings. The van der Waals surface area contributed by atoms with E-state index in [1.54, 1.807) is 26.2 Å². The first-order valence-corrected chi connectivity index (χ1v) is 8.28. The number of pyridine rings is 1. The van der Waals surface area contributed by atoms with Crippen LogP contribution in [-0.4, -0.2) is 18.0 Å². The highest BCUT2D eigenvalue weighted by Gasteiger charge is 2.19. The van der Waals surface area contributed by atoms with Gasteiger partial charge in [-0.1, -0.05) is 42.5 Å². The lowest BCUT2D eigenvalue weighted by Gasteiger charge is -2.20. The minimum atomic E-state index is -0.420. The van der Waals surface area contributed by atoms with Crippen LogP contribution in [0.25, 0.3) is 0 Å². The van der Waals surface area contributed by atoms with Crippen LogP contribution in [0.1, 0.15) is 33.2 Å². The Kier molecular flexibility index (Phi) is 5.17. The van der Waals surface area contributed by atoms with Gasteiger partial charge in [-0.3, -0.25) is 9.59 Å². The zero-order valence-electron chi connectivity index (χ0n) is 14.7. The number of aromatic amines is 1. The first kappa shape index (κ1) is 17.5. The van der Waals surface area contributed by atoms with Crippen molar-refractivity contribution in [3.8, 4) is 5.75 Å². The molecular formula is C21H20N2O3. The topological polar surface area (TPSA) is 71.2 Å². The van der Waals surface area contributed by atoms with Gasteiger partial charge >= 0.3 is 0 Å². The number of benzene rings is 2. The van der Waals surface area contributed by atoms with E-state index in [4.69, 9.17) is 4.74 Å². The fourth-order valence-electron chi connectivity index (χ4n) is 2.76. The third kappa shape index (κ3) is 3.83. The fourth-order valence-corrected chi connectivity index (χ4v) is 2.76. The van der Waals surface area contributed by atoms with Crippen LogP contribution in [0.5, 0.6) is 5.75 Å². The number of nitrogens with one attached hydrogen (secondary N) is 2. The lowest BCUT2D eigenvalue weighted by Crippen LogP contribution is -2.33. The molecule has 5 heteroatoms. The summed E-state index contributed by atoms with van der Waals surface area (Å²) in [6.07, 6.45) is 0. The Balaban J connectivity index is 1.95. The van der Waals surface area contributed by atoms with Crippen molar-refractivity contribution < 1.29 is 9.53 Å². The van der Waals surface area contributed by atoms with E-state index in [2.05, 4.69) is 10.3 Å². The number of ether oxygens (including phenoxy) is 1. The fraction of sp³-hybridized carbons (Fsp3) is 0.143. The molecule has 0 aliphatic carbocycles. The maximum atomic E-state index is 12.7. The van der Waals surface area contributed by atoms with Crippen molar-refractivity contribution in [2.75, 3.05) is 7.11 Å².